The number of nitrogens with one attached hydrogen (secondary N) is 1. The Morgan fingerprint density at radius 2 is 2.05 bits per heavy atom. The molecule has 1 heterocycles. The maximum atomic E-state index is 12.5. The Labute approximate surface area is 135 Å². The molecule has 21 heavy (non-hydrogen) atoms. The Hall–Kier alpha value is -0.530. The zero-order chi connectivity index (χ0) is 15.8. The summed E-state index contributed by atoms with van der Waals surface area (Å²) in [6.45, 7) is 3.73. The third-order valence-electron chi connectivity index (χ3n) is 3.80. The van der Waals surface area contributed by atoms with Crippen LogP contribution in [-0.4, -0.2) is 39.5 Å². The minimum absolute atomic E-state index is 0.0304. The molecule has 5 nitrogen and oxygen atoms in total. The van der Waals surface area contributed by atoms with Gasteiger partial charge in [-0.25, -0.2) is 13.1 Å². The van der Waals surface area contributed by atoms with Crippen LogP contribution in [-0.2, 0) is 10.0 Å². The monoisotopic (exact) mass is 351 g/mol. The van der Waals surface area contributed by atoms with Crippen LogP contribution in [0.2, 0.25) is 10.0 Å². The van der Waals surface area contributed by atoms with Gasteiger partial charge >= 0.3 is 0 Å². The Kier molecular flexibility index (Phi) is 5.05. The average Bonchev–Trinajstić information content (AvgIpc) is 2.39. The summed E-state index contributed by atoms with van der Waals surface area (Å²) in [5.74, 6) is 0.224. The van der Waals surface area contributed by atoms with Crippen molar-refractivity contribution in [2.24, 2.45) is 5.92 Å². The second-order valence-electron chi connectivity index (χ2n) is 5.53. The smallest absolute Gasteiger partial charge is 0.242 e. The molecule has 8 heteroatoms. The summed E-state index contributed by atoms with van der Waals surface area (Å²) in [5, 5.41) is 0.210. The van der Waals surface area contributed by atoms with Crippen molar-refractivity contribution in [2.45, 2.75) is 24.3 Å². The van der Waals surface area contributed by atoms with E-state index in [-0.39, 0.29) is 32.6 Å². The van der Waals surface area contributed by atoms with E-state index in [1.165, 1.54) is 12.1 Å². The molecule has 1 aliphatic heterocycles. The topological polar surface area (TPSA) is 75.4 Å². The number of nitrogen functional groups attached to an aromatic ring is 1. The second-order valence-corrected chi connectivity index (χ2v) is 8.00. The molecule has 118 valence electrons. The first kappa shape index (κ1) is 16.8. The number of rotatable bonds is 3. The van der Waals surface area contributed by atoms with E-state index in [0.29, 0.717) is 0 Å². The molecule has 0 saturated carbocycles. The number of nitrogens with zero attached hydrogens (tertiary/aromatic N) is 1. The summed E-state index contributed by atoms with van der Waals surface area (Å²) < 4.78 is 27.7. The molecule has 0 radical (unpaired) electrons. The highest BCUT2D eigenvalue weighted by Gasteiger charge is 2.30. The number of piperidine rings is 1. The molecule has 1 aromatic rings. The first-order valence-electron chi connectivity index (χ1n) is 6.66. The van der Waals surface area contributed by atoms with Crippen LogP contribution in [0.4, 0.5) is 5.69 Å². The minimum atomic E-state index is -3.72. The van der Waals surface area contributed by atoms with Crippen LogP contribution in [0, 0.1) is 5.92 Å². The highest BCUT2D eigenvalue weighted by Crippen LogP contribution is 2.33. The van der Waals surface area contributed by atoms with Crippen molar-refractivity contribution in [3.8, 4) is 0 Å². The number of hydrogen-bond acceptors (Lipinski definition) is 4. The Bertz CT molecular complexity index is 637. The lowest BCUT2D eigenvalue weighted by molar-refractivity contribution is 0.188. The molecule has 0 spiro atoms. The molecule has 1 fully saturated rings. The molecule has 1 saturated heterocycles. The zero-order valence-electron chi connectivity index (χ0n) is 11.9. The normalized spacial score (nSPS) is 24.2. The van der Waals surface area contributed by atoms with Crippen LogP contribution < -0.4 is 10.5 Å². The Balaban J connectivity index is 2.25. The standard InChI is InChI=1S/C13H19Cl2N3O2S/c1-8-7-18(2)6-5-10(8)17-21(19,20)11-4-3-9(14)13(16)12(11)15/h3-4,8,10,17H,5-7,16H2,1-2H3. The lowest BCUT2D eigenvalue weighted by Crippen LogP contribution is -2.48. The molecule has 2 unspecified atom stereocenters. The number of likely N-dealkylation sites (tertiary alicyclic amines) is 1. The molecule has 2 atom stereocenters. The summed E-state index contributed by atoms with van der Waals surface area (Å²) >= 11 is 11.9. The molecular formula is C13H19Cl2N3O2S. The number of sulfonamides is 1. The van der Waals surface area contributed by atoms with E-state index < -0.39 is 10.0 Å². The van der Waals surface area contributed by atoms with Crippen molar-refractivity contribution in [3.63, 3.8) is 0 Å². The quantitative estimate of drug-likeness (QED) is 0.818. The van der Waals surface area contributed by atoms with E-state index in [9.17, 15) is 8.42 Å². The van der Waals surface area contributed by atoms with Gasteiger partial charge in [0.2, 0.25) is 10.0 Å². The molecular weight excluding hydrogens is 333 g/mol. The van der Waals surface area contributed by atoms with Gasteiger partial charge in [-0.2, -0.15) is 0 Å². The van der Waals surface area contributed by atoms with Gasteiger partial charge < -0.3 is 10.6 Å². The predicted molar refractivity (Wildman–Crippen MR) is 86.3 cm³/mol. The van der Waals surface area contributed by atoms with Crippen LogP contribution in [0.25, 0.3) is 0 Å². The molecule has 0 bridgehead atoms. The van der Waals surface area contributed by atoms with Gasteiger partial charge in [0.15, 0.2) is 0 Å². The summed E-state index contributed by atoms with van der Waals surface area (Å²) in [6.07, 6.45) is 0.761. The Morgan fingerprint density at radius 1 is 1.38 bits per heavy atom. The Morgan fingerprint density at radius 3 is 2.67 bits per heavy atom. The fourth-order valence-corrected chi connectivity index (χ4v) is 4.69. The van der Waals surface area contributed by atoms with E-state index in [0.717, 1.165) is 19.5 Å². The molecule has 3 N–H and O–H groups in total. The van der Waals surface area contributed by atoms with Gasteiger partial charge in [0.05, 0.1) is 15.7 Å². The minimum Gasteiger partial charge on any atom is -0.396 e. The van der Waals surface area contributed by atoms with Crippen molar-refractivity contribution < 1.29 is 8.42 Å². The van der Waals surface area contributed by atoms with Gasteiger partial charge in [0, 0.05) is 12.6 Å². The first-order valence-corrected chi connectivity index (χ1v) is 8.90. The highest BCUT2D eigenvalue weighted by atomic mass is 35.5. The molecule has 1 aromatic carbocycles. The van der Waals surface area contributed by atoms with Gasteiger partial charge in [-0.05, 0) is 38.1 Å². The van der Waals surface area contributed by atoms with E-state index in [2.05, 4.69) is 9.62 Å². The van der Waals surface area contributed by atoms with Crippen LogP contribution in [0.15, 0.2) is 17.0 Å². The molecule has 0 aromatic heterocycles. The molecule has 0 aliphatic carbocycles. The number of nitrogens with two attached hydrogens (primary N) is 1. The first-order chi connectivity index (χ1) is 9.72. The summed E-state index contributed by atoms with van der Waals surface area (Å²) in [4.78, 5) is 2.15. The lowest BCUT2D eigenvalue weighted by Gasteiger charge is -2.35. The molecule has 2 rings (SSSR count). The summed E-state index contributed by atoms with van der Waals surface area (Å²) in [7, 11) is -1.69. The number of benzene rings is 1. The van der Waals surface area contributed by atoms with Gasteiger partial charge in [-0.3, -0.25) is 0 Å². The number of halogens is 2. The van der Waals surface area contributed by atoms with Crippen LogP contribution in [0.5, 0.6) is 0 Å². The molecule has 0 amide bonds. The lowest BCUT2D eigenvalue weighted by atomic mass is 9.95. The third-order valence-corrected chi connectivity index (χ3v) is 6.18. The van der Waals surface area contributed by atoms with Crippen molar-refractivity contribution in [2.75, 3.05) is 25.9 Å². The van der Waals surface area contributed by atoms with Crippen LogP contribution >= 0.6 is 23.2 Å². The zero-order valence-corrected chi connectivity index (χ0v) is 14.3. The van der Waals surface area contributed by atoms with Gasteiger partial charge in [0.25, 0.3) is 0 Å². The maximum Gasteiger partial charge on any atom is 0.242 e. The average molecular weight is 352 g/mol. The molecule has 1 aliphatic rings. The second kappa shape index (κ2) is 6.30. The van der Waals surface area contributed by atoms with Gasteiger partial charge in [0.1, 0.15) is 4.90 Å². The highest BCUT2D eigenvalue weighted by molar-refractivity contribution is 7.89. The van der Waals surface area contributed by atoms with E-state index in [1.807, 2.05) is 14.0 Å². The predicted octanol–water partition coefficient (Wildman–Crippen LogP) is 2.19. The van der Waals surface area contributed by atoms with Gasteiger partial charge in [-0.1, -0.05) is 30.1 Å². The van der Waals surface area contributed by atoms with Crippen molar-refractivity contribution in [1.82, 2.24) is 9.62 Å². The van der Waals surface area contributed by atoms with Crippen molar-refractivity contribution in [1.29, 1.82) is 0 Å². The summed E-state index contributed by atoms with van der Waals surface area (Å²) in [5.41, 5.74) is 5.78. The number of hydrogen-bond donors (Lipinski definition) is 2. The fourth-order valence-electron chi connectivity index (χ4n) is 2.55. The number of anilines is 1. The fraction of sp³-hybridized carbons (Fsp3) is 0.538. The van der Waals surface area contributed by atoms with E-state index >= 15 is 0 Å². The van der Waals surface area contributed by atoms with Gasteiger partial charge in [-0.15, -0.1) is 0 Å². The van der Waals surface area contributed by atoms with Crippen LogP contribution in [0.1, 0.15) is 13.3 Å². The SMILES string of the molecule is CC1CN(C)CCC1NS(=O)(=O)c1ccc(Cl)c(N)c1Cl. The van der Waals surface area contributed by atoms with Crippen molar-refractivity contribution in [3.05, 3.63) is 22.2 Å². The largest absolute Gasteiger partial charge is 0.396 e. The maximum absolute atomic E-state index is 12.5. The van der Waals surface area contributed by atoms with Crippen molar-refractivity contribution >= 4 is 38.9 Å². The van der Waals surface area contributed by atoms with Crippen LogP contribution in [0.3, 0.4) is 0 Å². The summed E-state index contributed by atoms with van der Waals surface area (Å²) in [6, 6.07) is 2.71. The van der Waals surface area contributed by atoms with E-state index in [4.69, 9.17) is 28.9 Å². The third kappa shape index (κ3) is 3.63. The van der Waals surface area contributed by atoms with E-state index in [1.54, 1.807) is 0 Å².